The van der Waals surface area contributed by atoms with Crippen molar-refractivity contribution in [2.45, 2.75) is 64.1 Å². The molecule has 4 aromatic rings. The van der Waals surface area contributed by atoms with Gasteiger partial charge in [-0.3, -0.25) is 9.29 Å². The summed E-state index contributed by atoms with van der Waals surface area (Å²) in [5, 5.41) is 0. The maximum absolute atomic E-state index is 14.7. The smallest absolute Gasteiger partial charge is 0.213 e. The molecular formula is C34H38F2N4O2. The number of piperidine rings is 1. The minimum absolute atomic E-state index is 0.145. The lowest BCUT2D eigenvalue weighted by Crippen LogP contribution is -2.34. The average molecular weight is 573 g/mol. The van der Waals surface area contributed by atoms with E-state index in [2.05, 4.69) is 40.7 Å². The number of imidazole rings is 1. The summed E-state index contributed by atoms with van der Waals surface area (Å²) in [6.45, 7) is 6.64. The highest BCUT2D eigenvalue weighted by molar-refractivity contribution is 5.77. The van der Waals surface area contributed by atoms with Gasteiger partial charge in [-0.2, -0.15) is 0 Å². The van der Waals surface area contributed by atoms with E-state index < -0.39 is 0 Å². The number of aromatic nitrogens is 3. The number of halogens is 2. The van der Waals surface area contributed by atoms with E-state index in [9.17, 15) is 8.78 Å². The Bertz CT molecular complexity index is 1570. The maximum atomic E-state index is 14.7. The first-order chi connectivity index (χ1) is 20.5. The molecule has 7 rings (SSSR count). The second-order valence-corrected chi connectivity index (χ2v) is 12.6. The molecule has 0 N–H and O–H groups in total. The molecule has 3 fully saturated rings. The topological polar surface area (TPSA) is 52.4 Å². The quantitative estimate of drug-likeness (QED) is 0.212. The highest BCUT2D eigenvalue weighted by atomic mass is 19.1. The molecule has 1 aliphatic carbocycles. The number of hydrogen-bond acceptors (Lipinski definition) is 5. The van der Waals surface area contributed by atoms with Crippen LogP contribution in [0.2, 0.25) is 0 Å². The molecule has 2 aromatic heterocycles. The lowest BCUT2D eigenvalue weighted by molar-refractivity contribution is 0.00830. The summed E-state index contributed by atoms with van der Waals surface area (Å²) >= 11 is 0. The molecular weight excluding hydrogens is 534 g/mol. The van der Waals surface area contributed by atoms with Gasteiger partial charge in [-0.05, 0) is 81.1 Å². The number of benzene rings is 2. The number of likely N-dealkylation sites (tertiary alicyclic amines) is 1. The third kappa shape index (κ3) is 5.66. The lowest BCUT2D eigenvalue weighted by atomic mass is 9.93. The number of alkyl halides is 1. The van der Waals surface area contributed by atoms with Crippen molar-refractivity contribution >= 4 is 11.0 Å². The van der Waals surface area contributed by atoms with Gasteiger partial charge >= 0.3 is 0 Å². The third-order valence-electron chi connectivity index (χ3n) is 9.40. The summed E-state index contributed by atoms with van der Waals surface area (Å²) in [5.74, 6) is 1.94. The molecule has 2 aliphatic heterocycles. The largest absolute Gasteiger partial charge is 0.473 e. The summed E-state index contributed by atoms with van der Waals surface area (Å²) in [4.78, 5) is 12.2. The molecule has 42 heavy (non-hydrogen) atoms. The van der Waals surface area contributed by atoms with Crippen LogP contribution in [-0.4, -0.2) is 52.4 Å². The number of hydrogen-bond donors (Lipinski definition) is 0. The van der Waals surface area contributed by atoms with Crippen LogP contribution in [0.5, 0.6) is 5.88 Å². The normalized spacial score (nSPS) is 19.2. The molecule has 6 nitrogen and oxygen atoms in total. The fourth-order valence-electron chi connectivity index (χ4n) is 6.27. The van der Waals surface area contributed by atoms with Crippen molar-refractivity contribution in [3.05, 3.63) is 88.6 Å². The van der Waals surface area contributed by atoms with E-state index in [4.69, 9.17) is 19.4 Å². The Balaban J connectivity index is 0.980. The van der Waals surface area contributed by atoms with E-state index in [1.165, 1.54) is 5.56 Å². The van der Waals surface area contributed by atoms with Crippen LogP contribution in [0.4, 0.5) is 8.78 Å². The summed E-state index contributed by atoms with van der Waals surface area (Å²) < 4.78 is 42.0. The van der Waals surface area contributed by atoms with Crippen molar-refractivity contribution in [1.29, 1.82) is 0 Å². The minimum Gasteiger partial charge on any atom is -0.473 e. The van der Waals surface area contributed by atoms with E-state index in [0.717, 1.165) is 73.4 Å². The van der Waals surface area contributed by atoms with Crippen LogP contribution in [-0.2, 0) is 24.4 Å². The molecule has 1 saturated carbocycles. The van der Waals surface area contributed by atoms with Crippen molar-refractivity contribution in [3.8, 4) is 5.88 Å². The molecule has 0 spiro atoms. The third-order valence-corrected chi connectivity index (χ3v) is 9.40. The van der Waals surface area contributed by atoms with E-state index in [1.54, 1.807) is 12.1 Å². The Labute approximate surface area is 245 Å². The average Bonchev–Trinajstić information content (AvgIpc) is 3.68. The SMILES string of the molecule is Cc1ccc2nc(CN3CCC(c4cccc(OCc5ccc(C6COC6)cc5F)n4)CC3)n(CC3(CF)CC3)c2c1. The van der Waals surface area contributed by atoms with Crippen molar-refractivity contribution in [3.63, 3.8) is 0 Å². The second-order valence-electron chi connectivity index (χ2n) is 12.6. The minimum atomic E-state index is -0.267. The summed E-state index contributed by atoms with van der Waals surface area (Å²) in [6, 6.07) is 17.6. The summed E-state index contributed by atoms with van der Waals surface area (Å²) in [5.41, 5.74) is 5.62. The Morgan fingerprint density at radius 3 is 2.55 bits per heavy atom. The predicted octanol–water partition coefficient (Wildman–Crippen LogP) is 6.70. The van der Waals surface area contributed by atoms with E-state index >= 15 is 0 Å². The van der Waals surface area contributed by atoms with Gasteiger partial charge in [0.25, 0.3) is 0 Å². The maximum Gasteiger partial charge on any atom is 0.213 e. The molecule has 4 heterocycles. The molecule has 8 heteroatoms. The monoisotopic (exact) mass is 572 g/mol. The molecule has 2 aromatic carbocycles. The van der Waals surface area contributed by atoms with Crippen molar-refractivity contribution in [2.75, 3.05) is 33.0 Å². The molecule has 0 unspecified atom stereocenters. The first kappa shape index (κ1) is 27.5. The van der Waals surface area contributed by atoms with E-state index in [0.29, 0.717) is 43.0 Å². The summed E-state index contributed by atoms with van der Waals surface area (Å²) in [7, 11) is 0. The first-order valence-electron chi connectivity index (χ1n) is 15.2. The van der Waals surface area contributed by atoms with Gasteiger partial charge in [0.2, 0.25) is 5.88 Å². The van der Waals surface area contributed by atoms with Crippen LogP contribution >= 0.6 is 0 Å². The molecule has 0 radical (unpaired) electrons. The Morgan fingerprint density at radius 2 is 1.83 bits per heavy atom. The van der Waals surface area contributed by atoms with Gasteiger partial charge in [0.1, 0.15) is 18.2 Å². The van der Waals surface area contributed by atoms with Gasteiger partial charge < -0.3 is 14.0 Å². The molecule has 0 bridgehead atoms. The second kappa shape index (κ2) is 11.4. The zero-order valence-electron chi connectivity index (χ0n) is 24.2. The van der Waals surface area contributed by atoms with Gasteiger partial charge in [0.15, 0.2) is 0 Å². The van der Waals surface area contributed by atoms with Gasteiger partial charge in [0.05, 0.1) is 37.5 Å². The first-order valence-corrected chi connectivity index (χ1v) is 15.2. The van der Waals surface area contributed by atoms with Crippen LogP contribution in [0.1, 0.15) is 65.7 Å². The zero-order valence-corrected chi connectivity index (χ0v) is 24.2. The van der Waals surface area contributed by atoms with Crippen molar-refractivity contribution < 1.29 is 18.3 Å². The van der Waals surface area contributed by atoms with Gasteiger partial charge in [-0.25, -0.2) is 14.4 Å². The molecule has 2 saturated heterocycles. The standard InChI is InChI=1S/C34H38F2N4O2/c1-23-5-8-30-31(15-23)40(22-34(21-35)11-12-34)32(37-30)17-39-13-9-24(10-14-39)29-3-2-4-33(38-29)42-20-26-7-6-25(16-28(26)36)27-18-41-19-27/h2-8,15-16,24,27H,9-14,17-22H2,1H3. The Kier molecular flexibility index (Phi) is 7.44. The highest BCUT2D eigenvalue weighted by Crippen LogP contribution is 2.48. The zero-order chi connectivity index (χ0) is 28.7. The number of pyridine rings is 1. The number of nitrogens with zero attached hydrogens (tertiary/aromatic N) is 4. The lowest BCUT2D eigenvalue weighted by Gasteiger charge is -2.31. The van der Waals surface area contributed by atoms with E-state index in [1.807, 2.05) is 18.2 Å². The van der Waals surface area contributed by atoms with Crippen LogP contribution in [0.15, 0.2) is 54.6 Å². The fourth-order valence-corrected chi connectivity index (χ4v) is 6.27. The van der Waals surface area contributed by atoms with Crippen LogP contribution < -0.4 is 4.74 Å². The van der Waals surface area contributed by atoms with Gasteiger partial charge in [-0.1, -0.05) is 24.3 Å². The number of fused-ring (bicyclic) bond motifs is 1. The number of aryl methyl sites for hydroxylation is 1. The van der Waals surface area contributed by atoms with Crippen LogP contribution in [0.3, 0.4) is 0 Å². The molecule has 220 valence electrons. The molecule has 0 amide bonds. The van der Waals surface area contributed by atoms with Crippen LogP contribution in [0.25, 0.3) is 11.0 Å². The highest BCUT2D eigenvalue weighted by Gasteiger charge is 2.44. The van der Waals surface area contributed by atoms with Crippen molar-refractivity contribution in [2.24, 2.45) is 5.41 Å². The molecule has 0 atom stereocenters. The number of ether oxygens (including phenoxy) is 2. The summed E-state index contributed by atoms with van der Waals surface area (Å²) in [6.07, 6.45) is 3.89. The number of rotatable bonds is 10. The van der Waals surface area contributed by atoms with Gasteiger partial charge in [0, 0.05) is 41.1 Å². The van der Waals surface area contributed by atoms with Crippen LogP contribution in [0, 0.1) is 18.2 Å². The van der Waals surface area contributed by atoms with Gasteiger partial charge in [-0.15, -0.1) is 0 Å². The molecule has 3 aliphatic rings. The van der Waals surface area contributed by atoms with E-state index in [-0.39, 0.29) is 24.5 Å². The predicted molar refractivity (Wildman–Crippen MR) is 158 cm³/mol. The van der Waals surface area contributed by atoms with Crippen molar-refractivity contribution in [1.82, 2.24) is 19.4 Å². The fraction of sp³-hybridized carbons (Fsp3) is 0.471. The Morgan fingerprint density at radius 1 is 1.00 bits per heavy atom. The Hall–Kier alpha value is -3.36.